The molecule has 0 heterocycles. The van der Waals surface area contributed by atoms with E-state index < -0.39 is 6.10 Å². The van der Waals surface area contributed by atoms with Gasteiger partial charge >= 0.3 is 17.9 Å². The summed E-state index contributed by atoms with van der Waals surface area (Å²) < 4.78 is 16.8. The number of rotatable bonds is 51. The number of hydrogen-bond acceptors (Lipinski definition) is 6. The zero-order valence-electron chi connectivity index (χ0n) is 42.3. The molecule has 0 spiro atoms. The first-order valence-electron chi connectivity index (χ1n) is 27.9. The van der Waals surface area contributed by atoms with Crippen LogP contribution >= 0.6 is 0 Å². The van der Waals surface area contributed by atoms with Gasteiger partial charge in [-0.1, -0.05) is 278 Å². The molecule has 0 aromatic heterocycles. The van der Waals surface area contributed by atoms with Gasteiger partial charge in [0.15, 0.2) is 6.10 Å². The fourth-order valence-corrected chi connectivity index (χ4v) is 8.54. The average molecular weight is 877 g/mol. The summed E-state index contributed by atoms with van der Waals surface area (Å²) in [6.45, 7) is 9.08. The first-order valence-corrected chi connectivity index (χ1v) is 27.9. The van der Waals surface area contributed by atoms with Gasteiger partial charge in [0, 0.05) is 19.3 Å². The molecule has 0 rings (SSSR count). The van der Waals surface area contributed by atoms with Gasteiger partial charge in [-0.3, -0.25) is 14.4 Å². The van der Waals surface area contributed by atoms with Crippen LogP contribution in [0.15, 0.2) is 0 Å². The third-order valence-corrected chi connectivity index (χ3v) is 13.2. The number of ether oxygens (including phenoxy) is 3. The van der Waals surface area contributed by atoms with E-state index in [1.807, 2.05) is 0 Å². The molecule has 0 saturated heterocycles. The van der Waals surface area contributed by atoms with E-state index in [-0.39, 0.29) is 31.1 Å². The summed E-state index contributed by atoms with van der Waals surface area (Å²) in [6, 6.07) is 0. The van der Waals surface area contributed by atoms with E-state index in [1.165, 1.54) is 212 Å². The largest absolute Gasteiger partial charge is 0.462 e. The smallest absolute Gasteiger partial charge is 0.306 e. The number of unbranched alkanes of at least 4 members (excludes halogenated alkanes) is 37. The molecule has 0 bridgehead atoms. The molecule has 0 N–H and O–H groups in total. The van der Waals surface area contributed by atoms with Gasteiger partial charge in [0.2, 0.25) is 0 Å². The minimum atomic E-state index is -0.761. The zero-order valence-corrected chi connectivity index (χ0v) is 42.3. The SMILES string of the molecule is CCCCCCCCCCCCCCCCCCC(=O)O[C@@H](COC(=O)CCCCCCCCCCCC)COC(=O)CCCCCCCCCCCCCCCCC(C)CC. The molecule has 0 saturated carbocycles. The minimum Gasteiger partial charge on any atom is -0.462 e. The summed E-state index contributed by atoms with van der Waals surface area (Å²) in [4.78, 5) is 38.0. The Balaban J connectivity index is 4.25. The highest BCUT2D eigenvalue weighted by atomic mass is 16.6. The third-order valence-electron chi connectivity index (χ3n) is 13.2. The van der Waals surface area contributed by atoms with E-state index in [0.29, 0.717) is 19.3 Å². The van der Waals surface area contributed by atoms with Gasteiger partial charge < -0.3 is 14.2 Å². The Morgan fingerprint density at radius 2 is 0.565 bits per heavy atom. The molecule has 0 amide bonds. The molecule has 62 heavy (non-hydrogen) atoms. The highest BCUT2D eigenvalue weighted by Gasteiger charge is 2.19. The first kappa shape index (κ1) is 60.4. The first-order chi connectivity index (χ1) is 30.4. The van der Waals surface area contributed by atoms with Crippen molar-refractivity contribution in [1.29, 1.82) is 0 Å². The molecule has 2 atom stereocenters. The van der Waals surface area contributed by atoms with Crippen molar-refractivity contribution in [2.75, 3.05) is 13.2 Å². The van der Waals surface area contributed by atoms with Gasteiger partial charge in [-0.25, -0.2) is 0 Å². The fraction of sp³-hybridized carbons (Fsp3) is 0.946. The Labute approximate surface area is 387 Å². The second-order valence-electron chi connectivity index (χ2n) is 19.5. The third kappa shape index (κ3) is 47.9. The van der Waals surface area contributed by atoms with Crippen molar-refractivity contribution in [3.8, 4) is 0 Å². The van der Waals surface area contributed by atoms with Crippen LogP contribution in [0.5, 0.6) is 0 Å². The van der Waals surface area contributed by atoms with Crippen LogP contribution in [0.4, 0.5) is 0 Å². The lowest BCUT2D eigenvalue weighted by Gasteiger charge is -2.18. The Morgan fingerprint density at radius 1 is 0.323 bits per heavy atom. The second kappa shape index (κ2) is 50.4. The monoisotopic (exact) mass is 877 g/mol. The fourth-order valence-electron chi connectivity index (χ4n) is 8.54. The van der Waals surface area contributed by atoms with Crippen LogP contribution in [0.3, 0.4) is 0 Å². The summed E-state index contributed by atoms with van der Waals surface area (Å²) >= 11 is 0. The van der Waals surface area contributed by atoms with Crippen molar-refractivity contribution >= 4 is 17.9 Å². The highest BCUT2D eigenvalue weighted by molar-refractivity contribution is 5.71. The zero-order chi connectivity index (χ0) is 45.2. The van der Waals surface area contributed by atoms with Crippen LogP contribution in [0.2, 0.25) is 0 Å². The Hall–Kier alpha value is -1.59. The number of hydrogen-bond donors (Lipinski definition) is 0. The van der Waals surface area contributed by atoms with Crippen molar-refractivity contribution in [3.05, 3.63) is 0 Å². The van der Waals surface area contributed by atoms with Crippen LogP contribution in [-0.4, -0.2) is 37.2 Å². The predicted octanol–water partition coefficient (Wildman–Crippen LogP) is 18.2. The van der Waals surface area contributed by atoms with Crippen LogP contribution in [0.25, 0.3) is 0 Å². The minimum absolute atomic E-state index is 0.0622. The van der Waals surface area contributed by atoms with Crippen molar-refractivity contribution in [3.63, 3.8) is 0 Å². The lowest BCUT2D eigenvalue weighted by molar-refractivity contribution is -0.167. The molecule has 6 nitrogen and oxygen atoms in total. The van der Waals surface area contributed by atoms with E-state index in [4.69, 9.17) is 14.2 Å². The number of carbonyl (C=O) groups is 3. The van der Waals surface area contributed by atoms with E-state index in [2.05, 4.69) is 27.7 Å². The predicted molar refractivity (Wildman–Crippen MR) is 266 cm³/mol. The summed E-state index contributed by atoms with van der Waals surface area (Å²) in [6.07, 6.45) is 53.7. The normalized spacial score (nSPS) is 12.4. The quantitative estimate of drug-likeness (QED) is 0.0344. The Kier molecular flexibility index (Phi) is 49.1. The summed E-state index contributed by atoms with van der Waals surface area (Å²) in [5.41, 5.74) is 0. The molecule has 0 aliphatic carbocycles. The van der Waals surface area contributed by atoms with E-state index >= 15 is 0 Å². The van der Waals surface area contributed by atoms with Gasteiger partial charge in [-0.15, -0.1) is 0 Å². The van der Waals surface area contributed by atoms with Crippen molar-refractivity contribution < 1.29 is 28.6 Å². The van der Waals surface area contributed by atoms with Crippen LogP contribution in [0, 0.1) is 5.92 Å². The number of esters is 3. The van der Waals surface area contributed by atoms with Crippen LogP contribution in [-0.2, 0) is 28.6 Å². The van der Waals surface area contributed by atoms with Crippen molar-refractivity contribution in [1.82, 2.24) is 0 Å². The molecule has 0 aliphatic heterocycles. The second-order valence-corrected chi connectivity index (χ2v) is 19.5. The van der Waals surface area contributed by atoms with Crippen LogP contribution in [0.1, 0.15) is 317 Å². The lowest BCUT2D eigenvalue weighted by Crippen LogP contribution is -2.30. The molecular formula is C56H108O6. The Morgan fingerprint density at radius 3 is 0.839 bits per heavy atom. The number of carbonyl (C=O) groups excluding carboxylic acids is 3. The van der Waals surface area contributed by atoms with E-state index in [1.54, 1.807) is 0 Å². The summed E-state index contributed by atoms with van der Waals surface area (Å²) in [5, 5.41) is 0. The molecule has 0 aromatic carbocycles. The molecule has 0 fully saturated rings. The molecule has 1 unspecified atom stereocenters. The highest BCUT2D eigenvalue weighted by Crippen LogP contribution is 2.18. The van der Waals surface area contributed by atoms with Gasteiger partial charge in [-0.05, 0) is 25.2 Å². The van der Waals surface area contributed by atoms with E-state index in [9.17, 15) is 14.4 Å². The maximum Gasteiger partial charge on any atom is 0.306 e. The van der Waals surface area contributed by atoms with Gasteiger partial charge in [0.25, 0.3) is 0 Å². The van der Waals surface area contributed by atoms with Gasteiger partial charge in [0.1, 0.15) is 13.2 Å². The maximum absolute atomic E-state index is 12.8. The molecule has 0 aromatic rings. The van der Waals surface area contributed by atoms with Crippen LogP contribution < -0.4 is 0 Å². The molecule has 0 aliphatic rings. The van der Waals surface area contributed by atoms with Crippen molar-refractivity contribution in [2.45, 2.75) is 323 Å². The standard InChI is InChI=1S/C56H108O6/c1-5-8-10-12-14-16-18-19-20-21-26-29-33-37-41-45-49-56(59)62-53(50-60-54(57)47-43-39-35-31-17-15-13-11-9-6-2)51-61-55(58)48-44-40-36-32-28-25-23-22-24-27-30-34-38-42-46-52(4)7-3/h52-53H,5-51H2,1-4H3/t52?,53-/m0/s1. The molecule has 0 radical (unpaired) electrons. The van der Waals surface area contributed by atoms with E-state index in [0.717, 1.165) is 63.7 Å². The Bertz CT molecular complexity index is 935. The average Bonchev–Trinajstić information content (AvgIpc) is 3.27. The van der Waals surface area contributed by atoms with Gasteiger partial charge in [-0.2, -0.15) is 0 Å². The topological polar surface area (TPSA) is 78.9 Å². The molecule has 368 valence electrons. The van der Waals surface area contributed by atoms with Crippen molar-refractivity contribution in [2.24, 2.45) is 5.92 Å². The summed E-state index contributed by atoms with van der Waals surface area (Å²) in [5.74, 6) is 0.0560. The molecule has 6 heteroatoms. The van der Waals surface area contributed by atoms with Gasteiger partial charge in [0.05, 0.1) is 0 Å². The molecular weight excluding hydrogens is 769 g/mol. The lowest BCUT2D eigenvalue weighted by atomic mass is 9.99. The summed E-state index contributed by atoms with van der Waals surface area (Å²) in [7, 11) is 0. The maximum atomic E-state index is 12.8.